The van der Waals surface area contributed by atoms with Crippen LogP contribution in [0.5, 0.6) is 0 Å². The maximum Gasteiger partial charge on any atom is 0.160 e. The monoisotopic (exact) mass is 441 g/mol. The van der Waals surface area contributed by atoms with E-state index in [1.54, 1.807) is 0 Å². The predicted octanol–water partition coefficient (Wildman–Crippen LogP) is 5.71. The van der Waals surface area contributed by atoms with Gasteiger partial charge in [0.2, 0.25) is 0 Å². The molecule has 178 valence electrons. The average Bonchev–Trinajstić information content (AvgIpc) is 2.74. The number of nitrogens with one attached hydrogen (secondary N) is 1. The molecule has 3 rings (SSSR count). The molecule has 1 aliphatic carbocycles. The van der Waals surface area contributed by atoms with Gasteiger partial charge in [0, 0.05) is 32.6 Å². The molecular weight excluding hydrogens is 398 g/mol. The van der Waals surface area contributed by atoms with Crippen molar-refractivity contribution >= 4 is 5.78 Å². The molecule has 0 unspecified atom stereocenters. The summed E-state index contributed by atoms with van der Waals surface area (Å²) in [5.41, 5.74) is 7.62. The quantitative estimate of drug-likeness (QED) is 0.596. The zero-order chi connectivity index (χ0) is 23.5. The zero-order valence-electron chi connectivity index (χ0n) is 20.8. The van der Waals surface area contributed by atoms with Crippen molar-refractivity contribution in [1.82, 2.24) is 15.5 Å². The van der Waals surface area contributed by atoms with Gasteiger partial charge in [0.1, 0.15) is 6.61 Å². The highest BCUT2D eigenvalue weighted by Gasteiger charge is 2.17. The summed E-state index contributed by atoms with van der Waals surface area (Å²) in [7, 11) is 1.53. The molecule has 1 aromatic carbocycles. The van der Waals surface area contributed by atoms with Crippen LogP contribution in [0.4, 0.5) is 0 Å². The summed E-state index contributed by atoms with van der Waals surface area (Å²) in [5, 5.41) is 12.5. The van der Waals surface area contributed by atoms with Crippen LogP contribution in [0.1, 0.15) is 77.2 Å². The maximum atomic E-state index is 10.6. The Hall–Kier alpha value is -2.11. The molecule has 0 saturated carbocycles. The second kappa shape index (κ2) is 13.4. The topological polar surface area (TPSA) is 64.1 Å². The van der Waals surface area contributed by atoms with E-state index in [-0.39, 0.29) is 19.7 Å². The summed E-state index contributed by atoms with van der Waals surface area (Å²) in [6.07, 6.45) is 7.51. The van der Waals surface area contributed by atoms with Crippen LogP contribution in [0.3, 0.4) is 0 Å². The number of benzene rings is 1. The van der Waals surface area contributed by atoms with Crippen molar-refractivity contribution in [1.29, 1.82) is 0 Å². The lowest BCUT2D eigenvalue weighted by Crippen LogP contribution is -2.21. The second-order valence-corrected chi connectivity index (χ2v) is 9.29. The van der Waals surface area contributed by atoms with E-state index in [0.717, 1.165) is 30.8 Å². The number of Topliss-reactive ketones (excluding diaryl/α,β-unsaturated/α-hetero) is 1. The first kappa shape index (κ1) is 26.1. The molecule has 5 heteroatoms. The molecule has 5 nitrogen and oxygen atoms in total. The molecule has 1 aliphatic rings. The van der Waals surface area contributed by atoms with Crippen molar-refractivity contribution in [2.24, 2.45) is 5.92 Å². The fourth-order valence-electron chi connectivity index (χ4n) is 3.81. The number of methoxy groups -OCH3 is 1. The number of hydrogen-bond acceptors (Lipinski definition) is 5. The fraction of sp³-hybridized carbons (Fsp3) is 0.593. The smallest absolute Gasteiger partial charge is 0.160 e. The van der Waals surface area contributed by atoms with E-state index in [0.29, 0.717) is 6.04 Å². The van der Waals surface area contributed by atoms with Gasteiger partial charge in [-0.2, -0.15) is 5.10 Å². The molecule has 2 aromatic rings. The van der Waals surface area contributed by atoms with E-state index in [9.17, 15) is 4.79 Å². The van der Waals surface area contributed by atoms with Crippen LogP contribution >= 0.6 is 0 Å². The van der Waals surface area contributed by atoms with Crippen LogP contribution in [0.25, 0.3) is 11.3 Å². The van der Waals surface area contributed by atoms with Crippen molar-refractivity contribution in [2.45, 2.75) is 85.7 Å². The number of aromatic nitrogens is 2. The zero-order valence-corrected chi connectivity index (χ0v) is 20.8. The molecule has 32 heavy (non-hydrogen) atoms. The van der Waals surface area contributed by atoms with Crippen LogP contribution in [0.15, 0.2) is 24.3 Å². The summed E-state index contributed by atoms with van der Waals surface area (Å²) < 4.78 is 4.62. The Morgan fingerprint density at radius 1 is 1.00 bits per heavy atom. The summed E-state index contributed by atoms with van der Waals surface area (Å²) in [4.78, 5) is 10.6. The van der Waals surface area contributed by atoms with Crippen LogP contribution < -0.4 is 5.32 Å². The lowest BCUT2D eigenvalue weighted by atomic mass is 9.90. The molecule has 0 saturated heterocycles. The van der Waals surface area contributed by atoms with E-state index in [4.69, 9.17) is 0 Å². The average molecular weight is 442 g/mol. The summed E-state index contributed by atoms with van der Waals surface area (Å²) in [6, 6.07) is 9.33. The van der Waals surface area contributed by atoms with E-state index in [1.807, 2.05) is 13.8 Å². The first-order chi connectivity index (χ1) is 15.3. The Bertz CT molecular complexity index is 851. The minimum absolute atomic E-state index is 0. The molecule has 1 aromatic heterocycles. The Kier molecular flexibility index (Phi) is 11.0. The molecule has 0 bridgehead atoms. The summed E-state index contributed by atoms with van der Waals surface area (Å²) in [5.74, 6) is 0.266. The van der Waals surface area contributed by atoms with Crippen molar-refractivity contribution in [2.75, 3.05) is 13.7 Å². The van der Waals surface area contributed by atoms with Crippen LogP contribution in [-0.4, -0.2) is 35.7 Å². The van der Waals surface area contributed by atoms with Gasteiger partial charge in [-0.15, -0.1) is 5.10 Å². The van der Waals surface area contributed by atoms with Gasteiger partial charge in [0.25, 0.3) is 0 Å². The molecule has 0 spiro atoms. The minimum atomic E-state index is 0. The van der Waals surface area contributed by atoms with Gasteiger partial charge in [-0.3, -0.25) is 4.79 Å². The molecule has 0 fully saturated rings. The largest absolute Gasteiger partial charge is 0.377 e. The van der Waals surface area contributed by atoms with Crippen LogP contribution in [0, 0.1) is 12.8 Å². The number of ketones is 1. The number of rotatable bonds is 7. The maximum absolute atomic E-state index is 10.6. The fourth-order valence-corrected chi connectivity index (χ4v) is 3.81. The van der Waals surface area contributed by atoms with Crippen molar-refractivity contribution in [3.63, 3.8) is 0 Å². The van der Waals surface area contributed by atoms with Gasteiger partial charge in [0.05, 0.1) is 11.4 Å². The minimum Gasteiger partial charge on any atom is -0.377 e. The molecule has 0 radical (unpaired) electrons. The van der Waals surface area contributed by atoms with Crippen molar-refractivity contribution in [3.8, 4) is 11.3 Å². The standard InChI is InChI=1S/C21H29N3.C6H12O2.H2/c1-15(2)22-14-17-10-12-18(13-11-17)21-20-9-7-5-4-6-8-19(20)16(3)23-24-21;1-5(2)6(7)4-8-3;/h10-13,15,22H,4-9,14H2,1-3H3;5H,4H2,1-3H3;1H. The number of nitrogens with zero attached hydrogens (tertiary/aromatic N) is 2. The molecule has 0 aliphatic heterocycles. The second-order valence-electron chi connectivity index (χ2n) is 9.29. The van der Waals surface area contributed by atoms with Gasteiger partial charge >= 0.3 is 0 Å². The van der Waals surface area contributed by atoms with Crippen molar-refractivity contribution in [3.05, 3.63) is 46.6 Å². The highest BCUT2D eigenvalue weighted by Crippen LogP contribution is 2.30. The number of hydrogen-bond donors (Lipinski definition) is 1. The Morgan fingerprint density at radius 2 is 1.62 bits per heavy atom. The third-order valence-electron chi connectivity index (χ3n) is 5.86. The van der Waals surface area contributed by atoms with Crippen LogP contribution in [0.2, 0.25) is 0 Å². The molecule has 0 amide bonds. The number of ether oxygens (including phenoxy) is 1. The third kappa shape index (κ3) is 8.10. The van der Waals surface area contributed by atoms with Gasteiger partial charge in [-0.1, -0.05) is 64.8 Å². The first-order valence-electron chi connectivity index (χ1n) is 12.0. The Labute approximate surface area is 195 Å². The van der Waals surface area contributed by atoms with E-state index in [1.165, 1.54) is 55.0 Å². The van der Waals surface area contributed by atoms with E-state index >= 15 is 0 Å². The van der Waals surface area contributed by atoms with E-state index in [2.05, 4.69) is 65.3 Å². The molecule has 1 N–H and O–H groups in total. The summed E-state index contributed by atoms with van der Waals surface area (Å²) in [6.45, 7) is 11.3. The number of fused-ring (bicyclic) bond motifs is 1. The SMILES string of the molecule is COCC(=O)C(C)C.Cc1nnc(-c2ccc(CNC(C)C)cc2)c2c1CCCCCC2.[HH]. The highest BCUT2D eigenvalue weighted by molar-refractivity contribution is 5.81. The highest BCUT2D eigenvalue weighted by atomic mass is 16.5. The lowest BCUT2D eigenvalue weighted by molar-refractivity contribution is -0.125. The number of aryl methyl sites for hydroxylation is 1. The van der Waals surface area contributed by atoms with Gasteiger partial charge in [-0.25, -0.2) is 0 Å². The van der Waals surface area contributed by atoms with Gasteiger partial charge in [0.15, 0.2) is 5.78 Å². The van der Waals surface area contributed by atoms with Crippen molar-refractivity contribution < 1.29 is 11.0 Å². The molecule has 1 heterocycles. The Morgan fingerprint density at radius 3 is 2.16 bits per heavy atom. The predicted molar refractivity (Wildman–Crippen MR) is 134 cm³/mol. The first-order valence-corrected chi connectivity index (χ1v) is 12.0. The van der Waals surface area contributed by atoms with Crippen LogP contribution in [-0.2, 0) is 28.9 Å². The summed E-state index contributed by atoms with van der Waals surface area (Å²) >= 11 is 0. The van der Waals surface area contributed by atoms with E-state index < -0.39 is 0 Å². The van der Waals surface area contributed by atoms with Gasteiger partial charge < -0.3 is 10.1 Å². The normalized spacial score (nSPS) is 13.8. The Balaban J connectivity index is 0.000000523. The lowest BCUT2D eigenvalue weighted by Gasteiger charge is -2.18. The molecule has 0 atom stereocenters. The van der Waals surface area contributed by atoms with Gasteiger partial charge in [-0.05, 0) is 49.3 Å². The number of carbonyl (C=O) groups excluding carboxylic acids is 1. The number of carbonyl (C=O) groups is 1. The third-order valence-corrected chi connectivity index (χ3v) is 5.86. The molecular formula is C27H43N3O2.